The highest BCUT2D eigenvalue weighted by Crippen LogP contribution is 2.33. The molecule has 1 aliphatic heterocycles. The van der Waals surface area contributed by atoms with E-state index >= 15 is 0 Å². The van der Waals surface area contributed by atoms with Gasteiger partial charge in [-0.25, -0.2) is 0 Å². The molecule has 1 atom stereocenters. The van der Waals surface area contributed by atoms with Crippen LogP contribution in [-0.4, -0.2) is 48.8 Å². The molecular weight excluding hydrogens is 254 g/mol. The fourth-order valence-corrected chi connectivity index (χ4v) is 2.75. The second-order valence-corrected chi connectivity index (χ2v) is 5.58. The van der Waals surface area contributed by atoms with E-state index in [-0.39, 0.29) is 17.9 Å². The Labute approximate surface area is 120 Å². The zero-order valence-corrected chi connectivity index (χ0v) is 12.0. The van der Waals surface area contributed by atoms with Crippen molar-refractivity contribution in [2.45, 2.75) is 25.2 Å². The number of likely N-dealkylation sites (tertiary alicyclic amines) is 1. The molecule has 4 heteroatoms. The molecule has 1 fully saturated rings. The van der Waals surface area contributed by atoms with E-state index in [1.54, 1.807) is 0 Å². The third-order valence-corrected chi connectivity index (χ3v) is 4.00. The van der Waals surface area contributed by atoms with Gasteiger partial charge in [-0.1, -0.05) is 37.3 Å². The predicted molar refractivity (Wildman–Crippen MR) is 77.5 cm³/mol. The largest absolute Gasteiger partial charge is 0.394 e. The van der Waals surface area contributed by atoms with Gasteiger partial charge in [0.05, 0.1) is 19.8 Å². The fourth-order valence-electron chi connectivity index (χ4n) is 2.75. The third kappa shape index (κ3) is 3.58. The molecule has 1 aliphatic rings. The van der Waals surface area contributed by atoms with Crippen LogP contribution in [0.2, 0.25) is 0 Å². The van der Waals surface area contributed by atoms with E-state index < -0.39 is 0 Å². The molecule has 1 aromatic rings. The van der Waals surface area contributed by atoms with Gasteiger partial charge >= 0.3 is 0 Å². The fraction of sp³-hybridized carbons (Fsp3) is 0.562. The van der Waals surface area contributed by atoms with Gasteiger partial charge in [0, 0.05) is 24.9 Å². The van der Waals surface area contributed by atoms with Crippen molar-refractivity contribution in [1.82, 2.24) is 4.90 Å². The molecule has 20 heavy (non-hydrogen) atoms. The maximum Gasteiger partial charge on any atom is 0.222 e. The van der Waals surface area contributed by atoms with Crippen LogP contribution in [0.15, 0.2) is 30.3 Å². The van der Waals surface area contributed by atoms with Crippen molar-refractivity contribution >= 4 is 5.91 Å². The van der Waals surface area contributed by atoms with Crippen LogP contribution in [0.4, 0.5) is 0 Å². The highest BCUT2D eigenvalue weighted by atomic mass is 16.5. The van der Waals surface area contributed by atoms with Gasteiger partial charge in [-0.05, 0) is 12.0 Å². The molecule has 4 nitrogen and oxygen atoms in total. The van der Waals surface area contributed by atoms with Crippen LogP contribution in [0.3, 0.4) is 0 Å². The summed E-state index contributed by atoms with van der Waals surface area (Å²) in [6, 6.07) is 10.4. The van der Waals surface area contributed by atoms with E-state index in [1.165, 1.54) is 5.56 Å². The molecular formula is C16H23NO3. The molecule has 110 valence electrons. The minimum absolute atomic E-state index is 0.0200. The van der Waals surface area contributed by atoms with Crippen LogP contribution in [-0.2, 0) is 14.9 Å². The maximum atomic E-state index is 12.0. The van der Waals surface area contributed by atoms with E-state index in [0.29, 0.717) is 26.2 Å². The molecule has 2 rings (SSSR count). The molecule has 1 amide bonds. The second kappa shape index (κ2) is 6.86. The summed E-state index contributed by atoms with van der Waals surface area (Å²) in [4.78, 5) is 13.9. The number of carbonyl (C=O) groups excluding carboxylic acids is 1. The van der Waals surface area contributed by atoms with Gasteiger partial charge in [0.15, 0.2) is 0 Å². The standard InChI is InChI=1S/C16H23NO3/c1-16(14-5-3-2-4-6-14)8-7-15(19)17(13-16)9-11-20-12-10-18/h2-6,18H,7-13H2,1H3/t16-/m1/s1. The second-order valence-electron chi connectivity index (χ2n) is 5.58. The Morgan fingerprint density at radius 2 is 2.05 bits per heavy atom. The maximum absolute atomic E-state index is 12.0. The zero-order chi connectivity index (χ0) is 14.4. The summed E-state index contributed by atoms with van der Waals surface area (Å²) in [6.07, 6.45) is 1.48. The summed E-state index contributed by atoms with van der Waals surface area (Å²) in [5.74, 6) is 0.200. The van der Waals surface area contributed by atoms with Crippen molar-refractivity contribution < 1.29 is 14.6 Å². The highest BCUT2D eigenvalue weighted by Gasteiger charge is 2.35. The van der Waals surface area contributed by atoms with E-state index in [4.69, 9.17) is 9.84 Å². The van der Waals surface area contributed by atoms with Crippen molar-refractivity contribution in [1.29, 1.82) is 0 Å². The Bertz CT molecular complexity index is 435. The first-order chi connectivity index (χ1) is 9.65. The first kappa shape index (κ1) is 15.0. The Hall–Kier alpha value is -1.39. The number of rotatable bonds is 6. The minimum Gasteiger partial charge on any atom is -0.394 e. The number of carbonyl (C=O) groups is 1. The van der Waals surface area contributed by atoms with Crippen LogP contribution < -0.4 is 0 Å². The van der Waals surface area contributed by atoms with E-state index in [1.807, 2.05) is 23.1 Å². The normalized spacial score (nSPS) is 23.1. The number of hydrogen-bond donors (Lipinski definition) is 1. The van der Waals surface area contributed by atoms with Crippen molar-refractivity contribution in [2.75, 3.05) is 32.9 Å². The molecule has 1 heterocycles. The van der Waals surface area contributed by atoms with Gasteiger partial charge in [-0.3, -0.25) is 4.79 Å². The molecule has 0 spiro atoms. The lowest BCUT2D eigenvalue weighted by atomic mass is 9.76. The van der Waals surface area contributed by atoms with Crippen LogP contribution in [0, 0.1) is 0 Å². The summed E-state index contributed by atoms with van der Waals surface area (Å²) in [7, 11) is 0. The topological polar surface area (TPSA) is 49.8 Å². The van der Waals surface area contributed by atoms with Gasteiger partial charge in [0.2, 0.25) is 5.91 Å². The molecule has 0 bridgehead atoms. The average molecular weight is 277 g/mol. The molecule has 1 aromatic carbocycles. The molecule has 0 radical (unpaired) electrons. The van der Waals surface area contributed by atoms with Gasteiger partial charge in [-0.15, -0.1) is 0 Å². The van der Waals surface area contributed by atoms with Crippen molar-refractivity contribution in [2.24, 2.45) is 0 Å². The summed E-state index contributed by atoms with van der Waals surface area (Å²) in [5.41, 5.74) is 1.31. The predicted octanol–water partition coefficient (Wildman–Crippen LogP) is 1.58. The van der Waals surface area contributed by atoms with Crippen LogP contribution in [0.5, 0.6) is 0 Å². The van der Waals surface area contributed by atoms with Gasteiger partial charge in [0.1, 0.15) is 0 Å². The van der Waals surface area contributed by atoms with Crippen molar-refractivity contribution in [3.05, 3.63) is 35.9 Å². The lowest BCUT2D eigenvalue weighted by molar-refractivity contribution is -0.136. The third-order valence-electron chi connectivity index (χ3n) is 4.00. The van der Waals surface area contributed by atoms with Crippen molar-refractivity contribution in [3.63, 3.8) is 0 Å². The summed E-state index contributed by atoms with van der Waals surface area (Å²) < 4.78 is 5.26. The smallest absolute Gasteiger partial charge is 0.222 e. The number of benzene rings is 1. The van der Waals surface area contributed by atoms with Crippen LogP contribution in [0.1, 0.15) is 25.3 Å². The van der Waals surface area contributed by atoms with Crippen molar-refractivity contribution in [3.8, 4) is 0 Å². The highest BCUT2D eigenvalue weighted by molar-refractivity contribution is 5.77. The number of nitrogens with zero attached hydrogens (tertiary/aromatic N) is 1. The first-order valence-electron chi connectivity index (χ1n) is 7.18. The zero-order valence-electron chi connectivity index (χ0n) is 12.0. The Kier molecular flexibility index (Phi) is 5.15. The molecule has 0 aromatic heterocycles. The summed E-state index contributed by atoms with van der Waals surface area (Å²) in [5, 5.41) is 8.68. The van der Waals surface area contributed by atoms with E-state index in [0.717, 1.165) is 13.0 Å². The number of amides is 1. The number of aliphatic hydroxyl groups is 1. The van der Waals surface area contributed by atoms with Gasteiger partial charge in [-0.2, -0.15) is 0 Å². The molecule has 1 saturated heterocycles. The monoisotopic (exact) mass is 277 g/mol. The first-order valence-corrected chi connectivity index (χ1v) is 7.18. The number of aliphatic hydroxyl groups excluding tert-OH is 1. The Morgan fingerprint density at radius 3 is 2.75 bits per heavy atom. The van der Waals surface area contributed by atoms with Crippen LogP contribution in [0.25, 0.3) is 0 Å². The minimum atomic E-state index is 0.0200. The lowest BCUT2D eigenvalue weighted by Gasteiger charge is -2.40. The summed E-state index contributed by atoms with van der Waals surface area (Å²) in [6.45, 7) is 4.39. The van der Waals surface area contributed by atoms with E-state index in [9.17, 15) is 4.79 Å². The molecule has 0 unspecified atom stereocenters. The van der Waals surface area contributed by atoms with Gasteiger partial charge < -0.3 is 14.7 Å². The SMILES string of the molecule is C[C@@]1(c2ccccc2)CCC(=O)N(CCOCCO)C1. The Balaban J connectivity index is 1.98. The van der Waals surface area contributed by atoms with E-state index in [2.05, 4.69) is 19.1 Å². The Morgan fingerprint density at radius 1 is 1.30 bits per heavy atom. The molecule has 0 aliphatic carbocycles. The molecule has 0 saturated carbocycles. The number of ether oxygens (including phenoxy) is 1. The molecule has 1 N–H and O–H groups in total. The van der Waals surface area contributed by atoms with Crippen LogP contribution >= 0.6 is 0 Å². The van der Waals surface area contributed by atoms with Gasteiger partial charge in [0.25, 0.3) is 0 Å². The summed E-state index contributed by atoms with van der Waals surface area (Å²) >= 11 is 0. The number of piperidine rings is 1. The number of hydrogen-bond acceptors (Lipinski definition) is 3. The average Bonchev–Trinajstić information content (AvgIpc) is 2.48. The lowest BCUT2D eigenvalue weighted by Crippen LogP contribution is -2.48. The quantitative estimate of drug-likeness (QED) is 0.803.